The SMILES string of the molecule is CCOC(=O)/C=C/c1ccc([N+](=O)[O-])cc1C=O. The summed E-state index contributed by atoms with van der Waals surface area (Å²) in [6.45, 7) is 1.93. The van der Waals surface area contributed by atoms with Crippen molar-refractivity contribution in [3.8, 4) is 0 Å². The predicted octanol–water partition coefficient (Wildman–Crippen LogP) is 1.98. The number of nitro benzene ring substituents is 1. The zero-order valence-electron chi connectivity index (χ0n) is 9.66. The third kappa shape index (κ3) is 3.51. The van der Waals surface area contributed by atoms with Crippen molar-refractivity contribution >= 4 is 24.0 Å². The Morgan fingerprint density at radius 1 is 1.44 bits per heavy atom. The molecule has 0 saturated heterocycles. The van der Waals surface area contributed by atoms with Crippen LogP contribution in [0.4, 0.5) is 5.69 Å². The van der Waals surface area contributed by atoms with Crippen LogP contribution in [0.5, 0.6) is 0 Å². The number of benzene rings is 1. The minimum absolute atomic E-state index is 0.143. The lowest BCUT2D eigenvalue weighted by Crippen LogP contribution is -1.99. The van der Waals surface area contributed by atoms with Crippen LogP contribution in [0.1, 0.15) is 22.8 Å². The van der Waals surface area contributed by atoms with Crippen molar-refractivity contribution in [3.05, 3.63) is 45.5 Å². The molecule has 1 aromatic carbocycles. The Morgan fingerprint density at radius 3 is 2.72 bits per heavy atom. The molecule has 6 heteroatoms. The number of esters is 1. The number of non-ortho nitro benzene ring substituents is 1. The molecule has 0 bridgehead atoms. The Hall–Kier alpha value is -2.50. The molecule has 1 aromatic rings. The molecule has 0 aromatic heterocycles. The molecule has 0 atom stereocenters. The van der Waals surface area contributed by atoms with Crippen LogP contribution in [-0.2, 0) is 9.53 Å². The summed E-state index contributed by atoms with van der Waals surface area (Å²) >= 11 is 0. The highest BCUT2D eigenvalue weighted by Crippen LogP contribution is 2.17. The Morgan fingerprint density at radius 2 is 2.17 bits per heavy atom. The van der Waals surface area contributed by atoms with Gasteiger partial charge in [-0.2, -0.15) is 0 Å². The molecular formula is C12H11NO5. The number of hydrogen-bond acceptors (Lipinski definition) is 5. The van der Waals surface area contributed by atoms with Crippen molar-refractivity contribution in [1.82, 2.24) is 0 Å². The van der Waals surface area contributed by atoms with Gasteiger partial charge in [-0.15, -0.1) is 0 Å². The molecule has 18 heavy (non-hydrogen) atoms. The van der Waals surface area contributed by atoms with Crippen LogP contribution in [0.3, 0.4) is 0 Å². The zero-order chi connectivity index (χ0) is 13.5. The Kier molecular flexibility index (Phi) is 4.74. The molecule has 6 nitrogen and oxygen atoms in total. The standard InChI is InChI=1S/C12H11NO5/c1-2-18-12(15)6-4-9-3-5-11(13(16)17)7-10(9)8-14/h3-8H,2H2,1H3/b6-4+. The number of ether oxygens (including phenoxy) is 1. The van der Waals surface area contributed by atoms with E-state index in [1.807, 2.05) is 0 Å². The first-order valence-electron chi connectivity index (χ1n) is 5.17. The van der Waals surface area contributed by atoms with E-state index in [0.29, 0.717) is 11.8 Å². The summed E-state index contributed by atoms with van der Waals surface area (Å²) in [5, 5.41) is 10.5. The van der Waals surface area contributed by atoms with Crippen LogP contribution in [0, 0.1) is 10.1 Å². The molecule has 0 heterocycles. The summed E-state index contributed by atoms with van der Waals surface area (Å²) in [4.78, 5) is 31.8. The van der Waals surface area contributed by atoms with Crippen molar-refractivity contribution in [2.24, 2.45) is 0 Å². The molecule has 0 spiro atoms. The summed E-state index contributed by atoms with van der Waals surface area (Å²) in [7, 11) is 0. The van der Waals surface area contributed by atoms with Gasteiger partial charge in [-0.3, -0.25) is 14.9 Å². The number of aldehydes is 1. The summed E-state index contributed by atoms with van der Waals surface area (Å²) in [6, 6.07) is 3.81. The first kappa shape index (κ1) is 13.6. The van der Waals surface area contributed by atoms with Crippen LogP contribution < -0.4 is 0 Å². The van der Waals surface area contributed by atoms with E-state index < -0.39 is 10.9 Å². The summed E-state index contributed by atoms with van der Waals surface area (Å²) < 4.78 is 4.68. The molecule has 1 rings (SSSR count). The second-order valence-corrected chi connectivity index (χ2v) is 3.27. The third-order valence-electron chi connectivity index (χ3n) is 2.09. The van der Waals surface area contributed by atoms with Crippen molar-refractivity contribution in [3.63, 3.8) is 0 Å². The predicted molar refractivity (Wildman–Crippen MR) is 64.2 cm³/mol. The second-order valence-electron chi connectivity index (χ2n) is 3.27. The monoisotopic (exact) mass is 249 g/mol. The summed E-state index contributed by atoms with van der Waals surface area (Å²) in [6.07, 6.45) is 3.04. The Balaban J connectivity index is 2.99. The fraction of sp³-hybridized carbons (Fsp3) is 0.167. The molecule has 0 N–H and O–H groups in total. The van der Waals surface area contributed by atoms with E-state index in [9.17, 15) is 19.7 Å². The van der Waals surface area contributed by atoms with Gasteiger partial charge in [-0.25, -0.2) is 4.79 Å². The number of nitrogens with zero attached hydrogens (tertiary/aromatic N) is 1. The molecule has 0 saturated carbocycles. The maximum absolute atomic E-state index is 11.1. The number of carbonyl (C=O) groups is 2. The highest BCUT2D eigenvalue weighted by molar-refractivity contribution is 5.90. The largest absolute Gasteiger partial charge is 0.463 e. The van der Waals surface area contributed by atoms with Crippen LogP contribution in [0.2, 0.25) is 0 Å². The van der Waals surface area contributed by atoms with Gasteiger partial charge in [0.2, 0.25) is 0 Å². The van der Waals surface area contributed by atoms with Crippen LogP contribution in [0.25, 0.3) is 6.08 Å². The quantitative estimate of drug-likeness (QED) is 0.262. The van der Waals surface area contributed by atoms with Gasteiger partial charge in [0.15, 0.2) is 6.29 Å². The van der Waals surface area contributed by atoms with Gasteiger partial charge >= 0.3 is 5.97 Å². The van der Waals surface area contributed by atoms with E-state index in [2.05, 4.69) is 4.74 Å². The Bertz CT molecular complexity index is 507. The number of rotatable bonds is 5. The fourth-order valence-electron chi connectivity index (χ4n) is 1.28. The van der Waals surface area contributed by atoms with Crippen LogP contribution >= 0.6 is 0 Å². The molecule has 0 radical (unpaired) electrons. The first-order valence-corrected chi connectivity index (χ1v) is 5.17. The molecule has 0 unspecified atom stereocenters. The highest BCUT2D eigenvalue weighted by Gasteiger charge is 2.08. The van der Waals surface area contributed by atoms with E-state index >= 15 is 0 Å². The first-order chi connectivity index (χ1) is 8.58. The molecule has 0 aliphatic rings. The molecule has 0 amide bonds. The lowest BCUT2D eigenvalue weighted by atomic mass is 10.1. The van der Waals surface area contributed by atoms with Crippen molar-refractivity contribution in [2.75, 3.05) is 6.61 Å². The molecule has 94 valence electrons. The maximum atomic E-state index is 11.1. The number of nitro groups is 1. The lowest BCUT2D eigenvalue weighted by Gasteiger charge is -1.99. The van der Waals surface area contributed by atoms with Gasteiger partial charge in [0.1, 0.15) is 0 Å². The second kappa shape index (κ2) is 6.29. The van der Waals surface area contributed by atoms with E-state index in [1.165, 1.54) is 18.2 Å². The molecule has 0 aliphatic carbocycles. The smallest absolute Gasteiger partial charge is 0.330 e. The zero-order valence-corrected chi connectivity index (χ0v) is 9.66. The highest BCUT2D eigenvalue weighted by atomic mass is 16.6. The van der Waals surface area contributed by atoms with Gasteiger partial charge in [0.25, 0.3) is 5.69 Å². The maximum Gasteiger partial charge on any atom is 0.330 e. The fourth-order valence-corrected chi connectivity index (χ4v) is 1.28. The minimum Gasteiger partial charge on any atom is -0.463 e. The number of carbonyl (C=O) groups excluding carboxylic acids is 2. The topological polar surface area (TPSA) is 86.5 Å². The van der Waals surface area contributed by atoms with Crippen LogP contribution in [0.15, 0.2) is 24.3 Å². The Labute approximate surface area is 103 Å². The minimum atomic E-state index is -0.591. The van der Waals surface area contributed by atoms with Gasteiger partial charge < -0.3 is 4.74 Å². The van der Waals surface area contributed by atoms with Crippen molar-refractivity contribution < 1.29 is 19.2 Å². The molecule has 0 fully saturated rings. The van der Waals surface area contributed by atoms with Gasteiger partial charge in [-0.05, 0) is 24.6 Å². The molecular weight excluding hydrogens is 238 g/mol. The van der Waals surface area contributed by atoms with E-state index in [-0.39, 0.29) is 17.9 Å². The van der Waals surface area contributed by atoms with Crippen molar-refractivity contribution in [1.29, 1.82) is 0 Å². The average molecular weight is 249 g/mol. The van der Waals surface area contributed by atoms with E-state index in [4.69, 9.17) is 0 Å². The summed E-state index contributed by atoms with van der Waals surface area (Å²) in [5.74, 6) is -0.535. The van der Waals surface area contributed by atoms with Gasteiger partial charge in [0.05, 0.1) is 11.5 Å². The normalized spacial score (nSPS) is 10.3. The van der Waals surface area contributed by atoms with Gasteiger partial charge in [-0.1, -0.05) is 0 Å². The average Bonchev–Trinajstić information content (AvgIpc) is 2.36. The van der Waals surface area contributed by atoms with Crippen molar-refractivity contribution in [2.45, 2.75) is 6.92 Å². The van der Waals surface area contributed by atoms with Crippen LogP contribution in [-0.4, -0.2) is 23.8 Å². The number of hydrogen-bond donors (Lipinski definition) is 0. The van der Waals surface area contributed by atoms with E-state index in [0.717, 1.165) is 12.1 Å². The van der Waals surface area contributed by atoms with Gasteiger partial charge in [0, 0.05) is 23.8 Å². The van der Waals surface area contributed by atoms with E-state index in [1.54, 1.807) is 6.92 Å². The summed E-state index contributed by atoms with van der Waals surface area (Å²) in [5.41, 5.74) is 0.388. The molecule has 0 aliphatic heterocycles. The third-order valence-corrected chi connectivity index (χ3v) is 2.09. The lowest BCUT2D eigenvalue weighted by molar-refractivity contribution is -0.384.